The third kappa shape index (κ3) is 4.32. The second kappa shape index (κ2) is 9.79. The van der Waals surface area contributed by atoms with E-state index in [1.165, 1.54) is 15.9 Å². The first-order valence-electron chi connectivity index (χ1n) is 10.2. The van der Waals surface area contributed by atoms with Crippen LogP contribution in [-0.4, -0.2) is 43.9 Å². The number of carbonyl (C=O) groups is 2. The van der Waals surface area contributed by atoms with Gasteiger partial charge >= 0.3 is 5.97 Å². The molecule has 2 aliphatic rings. The topological polar surface area (TPSA) is 107 Å². The molecule has 0 atom stereocenters. The molecule has 0 spiro atoms. The average molecular weight is 531 g/mol. The van der Waals surface area contributed by atoms with Crippen molar-refractivity contribution in [2.24, 2.45) is 0 Å². The predicted molar refractivity (Wildman–Crippen MR) is 139 cm³/mol. The molecule has 1 amide bonds. The first-order chi connectivity index (χ1) is 16.3. The molecule has 2 aromatic rings. The number of nitriles is 1. The van der Waals surface area contributed by atoms with E-state index in [1.54, 1.807) is 23.9 Å². The Bertz CT molecular complexity index is 1480. The van der Waals surface area contributed by atoms with Crippen LogP contribution in [0.4, 0.5) is 5.69 Å². The van der Waals surface area contributed by atoms with Gasteiger partial charge in [-0.05, 0) is 44.2 Å². The van der Waals surface area contributed by atoms with Crippen molar-refractivity contribution in [2.75, 3.05) is 18.0 Å². The molecule has 3 heterocycles. The number of aromatic nitrogens is 1. The summed E-state index contributed by atoms with van der Waals surface area (Å²) in [5, 5.41) is 19.2. The molecule has 8 nitrogen and oxygen atoms in total. The Morgan fingerprint density at radius 2 is 1.94 bits per heavy atom. The zero-order valence-corrected chi connectivity index (χ0v) is 21.4. The van der Waals surface area contributed by atoms with E-state index in [4.69, 9.17) is 17.3 Å². The van der Waals surface area contributed by atoms with Crippen molar-refractivity contribution in [3.05, 3.63) is 54.4 Å². The summed E-state index contributed by atoms with van der Waals surface area (Å²) in [6.07, 6.45) is 3.61. The molecule has 0 saturated carbocycles. The summed E-state index contributed by atoms with van der Waals surface area (Å²) in [4.78, 5) is 41.4. The summed E-state index contributed by atoms with van der Waals surface area (Å²) < 4.78 is 2.60. The van der Waals surface area contributed by atoms with Crippen LogP contribution < -0.4 is 19.7 Å². The highest BCUT2D eigenvalue weighted by molar-refractivity contribution is 8.30. The third-order valence-corrected chi connectivity index (χ3v) is 8.96. The van der Waals surface area contributed by atoms with E-state index in [0.717, 1.165) is 32.3 Å². The van der Waals surface area contributed by atoms with Crippen molar-refractivity contribution in [2.45, 2.75) is 25.3 Å². The molecule has 0 radical (unpaired) electrons. The van der Waals surface area contributed by atoms with E-state index < -0.39 is 18.4 Å². The number of hydrogen-bond donors (Lipinski definition) is 1. The Balaban J connectivity index is 1.78. The van der Waals surface area contributed by atoms with Gasteiger partial charge in [-0.1, -0.05) is 35.7 Å². The quantitative estimate of drug-likeness (QED) is 0.582. The number of thiazole rings is 1. The van der Waals surface area contributed by atoms with E-state index in [-0.39, 0.29) is 14.8 Å². The number of rotatable bonds is 5. The van der Waals surface area contributed by atoms with Crippen LogP contribution in [0.15, 0.2) is 39.0 Å². The summed E-state index contributed by atoms with van der Waals surface area (Å²) in [5.41, 5.74) is 1.32. The number of allylic oxidation sites excluding steroid dienone is 1. The molecule has 12 heteroatoms. The number of anilines is 1. The lowest BCUT2D eigenvalue weighted by molar-refractivity contribution is -0.140. The second-order valence-electron chi connectivity index (χ2n) is 7.12. The number of thiocarbonyl (C=S) groups is 1. The van der Waals surface area contributed by atoms with Crippen LogP contribution in [0.5, 0.6) is 0 Å². The van der Waals surface area contributed by atoms with Gasteiger partial charge in [0.2, 0.25) is 0 Å². The van der Waals surface area contributed by atoms with Gasteiger partial charge in [0.15, 0.2) is 0 Å². The van der Waals surface area contributed by atoms with Crippen molar-refractivity contribution >= 4 is 79.9 Å². The number of hydrogen-bond acceptors (Lipinski definition) is 9. The minimum absolute atomic E-state index is 0.161. The molecule has 4 rings (SSSR count). The van der Waals surface area contributed by atoms with Crippen molar-refractivity contribution in [1.82, 2.24) is 9.47 Å². The van der Waals surface area contributed by atoms with Gasteiger partial charge in [0.25, 0.3) is 11.5 Å². The lowest BCUT2D eigenvalue weighted by atomic mass is 10.2. The van der Waals surface area contributed by atoms with Crippen LogP contribution in [0.25, 0.3) is 11.0 Å². The Hall–Kier alpha value is -2.85. The summed E-state index contributed by atoms with van der Waals surface area (Å²) in [6, 6.07) is 7.71. The number of carbonyl (C=O) groups excluding carboxylic acids is 1. The Labute approximate surface area is 212 Å². The first kappa shape index (κ1) is 24.3. The molecule has 0 bridgehead atoms. The number of nitrogens with zero attached hydrogens (tertiary/aromatic N) is 4. The van der Waals surface area contributed by atoms with Gasteiger partial charge < -0.3 is 10.0 Å². The van der Waals surface area contributed by atoms with Crippen molar-refractivity contribution in [3.63, 3.8) is 0 Å². The van der Waals surface area contributed by atoms with E-state index in [1.807, 2.05) is 32.1 Å². The maximum Gasteiger partial charge on any atom is 0.323 e. The monoisotopic (exact) mass is 530 g/mol. The van der Waals surface area contributed by atoms with Crippen LogP contribution in [0.3, 0.4) is 0 Å². The number of benzene rings is 1. The van der Waals surface area contributed by atoms with Crippen LogP contribution in [-0.2, 0) is 16.1 Å². The molecule has 0 aliphatic carbocycles. The van der Waals surface area contributed by atoms with Gasteiger partial charge in [0, 0.05) is 18.0 Å². The molecule has 34 heavy (non-hydrogen) atoms. The fourth-order valence-corrected chi connectivity index (χ4v) is 7.18. The van der Waals surface area contributed by atoms with Crippen LogP contribution in [0.1, 0.15) is 19.4 Å². The van der Waals surface area contributed by atoms with Crippen LogP contribution >= 0.6 is 47.1 Å². The lowest BCUT2D eigenvalue weighted by Crippen LogP contribution is -2.35. The molecule has 174 valence electrons. The molecule has 2 aliphatic heterocycles. The van der Waals surface area contributed by atoms with Gasteiger partial charge in [0.05, 0.1) is 26.9 Å². The van der Waals surface area contributed by atoms with Crippen LogP contribution in [0.2, 0.25) is 0 Å². The number of fused-ring (bicyclic) bond motifs is 1. The number of carboxylic acid groups (broad SMARTS) is 1. The largest absolute Gasteiger partial charge is 0.480 e. The molecule has 0 unspecified atom stereocenters. The van der Waals surface area contributed by atoms with E-state index in [0.29, 0.717) is 27.8 Å². The normalized spacial score (nSPS) is 18.7. The highest BCUT2D eigenvalue weighted by Gasteiger charge is 2.35. The number of thioether (sulfide) groups is 2. The molecule has 1 fully saturated rings. The van der Waals surface area contributed by atoms with Crippen molar-refractivity contribution < 1.29 is 14.7 Å². The highest BCUT2D eigenvalue weighted by atomic mass is 32.2. The molecule has 1 aromatic carbocycles. The van der Waals surface area contributed by atoms with Gasteiger partial charge in [-0.3, -0.25) is 23.9 Å². The SMILES string of the molecule is CCN1/C(=C/C=c2/s/c(=C3\SC(=S)N(CC(=O)O)C3=O)n(CC)c2=O)Sc2ccc(C#N)cc21. The van der Waals surface area contributed by atoms with E-state index in [2.05, 4.69) is 11.0 Å². The van der Waals surface area contributed by atoms with Gasteiger partial charge in [-0.2, -0.15) is 5.26 Å². The van der Waals surface area contributed by atoms with Crippen LogP contribution in [0, 0.1) is 11.3 Å². The standard InChI is InChI=1S/C22H18N4O4S4/c1-3-24-13-9-12(10-23)5-6-14(13)32-16(24)8-7-15-19(29)25(4-2)21(33-15)18-20(30)26(11-17(27)28)22(31)34-18/h5-9H,3-4,11H2,1-2H3,(H,27,28)/b15-7+,16-8-,21-18-. The van der Waals surface area contributed by atoms with Crippen molar-refractivity contribution in [3.8, 4) is 6.07 Å². The molecule has 1 N–H and O–H groups in total. The third-order valence-electron chi connectivity index (χ3n) is 5.11. The van der Waals surface area contributed by atoms with Crippen molar-refractivity contribution in [1.29, 1.82) is 5.26 Å². The number of amides is 1. The Morgan fingerprint density at radius 3 is 2.59 bits per heavy atom. The van der Waals surface area contributed by atoms with Gasteiger partial charge in [0.1, 0.15) is 20.4 Å². The molecule has 1 saturated heterocycles. The summed E-state index contributed by atoms with van der Waals surface area (Å²) in [6.45, 7) is 4.37. The fraction of sp³-hybridized carbons (Fsp3) is 0.227. The summed E-state index contributed by atoms with van der Waals surface area (Å²) in [7, 11) is 0. The smallest absolute Gasteiger partial charge is 0.323 e. The Morgan fingerprint density at radius 1 is 1.18 bits per heavy atom. The first-order valence-corrected chi connectivity index (χ1v) is 13.1. The maximum atomic E-state index is 13.1. The average Bonchev–Trinajstić information content (AvgIpc) is 3.42. The number of aliphatic carboxylic acids is 1. The highest BCUT2D eigenvalue weighted by Crippen LogP contribution is 2.46. The zero-order chi connectivity index (χ0) is 24.6. The minimum Gasteiger partial charge on any atom is -0.480 e. The second-order valence-corrected chi connectivity index (χ2v) is 10.9. The summed E-state index contributed by atoms with van der Waals surface area (Å²) in [5.74, 6) is -1.66. The maximum absolute atomic E-state index is 13.1. The van der Waals surface area contributed by atoms with E-state index >= 15 is 0 Å². The summed E-state index contributed by atoms with van der Waals surface area (Å²) >= 11 is 8.95. The van der Waals surface area contributed by atoms with Gasteiger partial charge in [-0.25, -0.2) is 0 Å². The predicted octanol–water partition coefficient (Wildman–Crippen LogP) is 2.11. The minimum atomic E-state index is -1.16. The molecule has 1 aromatic heterocycles. The van der Waals surface area contributed by atoms with Gasteiger partial charge in [-0.15, -0.1) is 11.3 Å². The lowest BCUT2D eigenvalue weighted by Gasteiger charge is -2.17. The van der Waals surface area contributed by atoms with E-state index in [9.17, 15) is 19.6 Å². The molecular weight excluding hydrogens is 513 g/mol. The molecular formula is C22H18N4O4S4. The fourth-order valence-electron chi connectivity index (χ4n) is 3.56. The number of carboxylic acids is 1. The Kier molecular flexibility index (Phi) is 6.99. The zero-order valence-electron chi connectivity index (χ0n) is 18.1.